The number of likely N-dealkylation sites (N-methyl/N-ethyl adjacent to an activating group) is 1. The maximum absolute atomic E-state index is 12.3. The van der Waals surface area contributed by atoms with Crippen LogP contribution in [0.15, 0.2) is 24.3 Å². The van der Waals surface area contributed by atoms with Gasteiger partial charge < -0.3 is 14.7 Å². The first-order chi connectivity index (χ1) is 11.0. The first-order valence-corrected chi connectivity index (χ1v) is 7.64. The summed E-state index contributed by atoms with van der Waals surface area (Å²) in [6.07, 6.45) is 0.644. The highest BCUT2D eigenvalue weighted by Gasteiger charge is 2.36. The number of likely N-dealkylation sites (tertiary alicyclic amines) is 1. The van der Waals surface area contributed by atoms with Crippen LogP contribution in [-0.4, -0.2) is 60.2 Å². The summed E-state index contributed by atoms with van der Waals surface area (Å²) < 4.78 is 5.18. The summed E-state index contributed by atoms with van der Waals surface area (Å²) in [5, 5.41) is 18.9. The zero-order valence-electron chi connectivity index (χ0n) is 13.7. The number of carbonyl (C=O) groups is 1. The molecular weight excluding hydrogens is 294 g/mol. The van der Waals surface area contributed by atoms with Crippen molar-refractivity contribution >= 4 is 5.91 Å². The molecule has 0 aromatic heterocycles. The van der Waals surface area contributed by atoms with Crippen LogP contribution in [0.2, 0.25) is 0 Å². The standard InChI is InChI=1S/C17H23N3O3/c1-19(11-14-4-3-5-15(10-14)23-2)16(21)12-20-9-7-17(22,13-20)6-8-18/h3-5,10,22H,6-7,9,11-13H2,1-2H3. The number of carbonyl (C=O) groups excluding carboxylic acids is 1. The average molecular weight is 317 g/mol. The van der Waals surface area contributed by atoms with Crippen molar-refractivity contribution in [2.75, 3.05) is 33.8 Å². The van der Waals surface area contributed by atoms with Crippen molar-refractivity contribution in [2.24, 2.45) is 0 Å². The minimum absolute atomic E-state index is 0.00553. The number of β-amino-alcohol motifs (C(OH)–C–C–N with tert-alkyl or cyclic N) is 1. The molecule has 1 amide bonds. The smallest absolute Gasteiger partial charge is 0.236 e. The zero-order chi connectivity index (χ0) is 16.9. The lowest BCUT2D eigenvalue weighted by molar-refractivity contribution is -0.131. The molecule has 124 valence electrons. The predicted molar refractivity (Wildman–Crippen MR) is 85.7 cm³/mol. The summed E-state index contributed by atoms with van der Waals surface area (Å²) in [5.41, 5.74) is 0.0306. The third-order valence-electron chi connectivity index (χ3n) is 4.16. The predicted octanol–water partition coefficient (Wildman–Crippen LogP) is 1.00. The van der Waals surface area contributed by atoms with Crippen molar-refractivity contribution in [1.29, 1.82) is 5.26 Å². The van der Waals surface area contributed by atoms with Crippen molar-refractivity contribution in [3.05, 3.63) is 29.8 Å². The van der Waals surface area contributed by atoms with Crippen molar-refractivity contribution in [3.8, 4) is 11.8 Å². The van der Waals surface area contributed by atoms with Crippen LogP contribution in [0.4, 0.5) is 0 Å². The van der Waals surface area contributed by atoms with Gasteiger partial charge in [-0.25, -0.2) is 0 Å². The normalized spacial score (nSPS) is 21.0. The van der Waals surface area contributed by atoms with Gasteiger partial charge in [-0.05, 0) is 24.1 Å². The van der Waals surface area contributed by atoms with Gasteiger partial charge in [0.15, 0.2) is 0 Å². The maximum atomic E-state index is 12.3. The van der Waals surface area contributed by atoms with E-state index in [-0.39, 0.29) is 18.9 Å². The Morgan fingerprint density at radius 2 is 2.35 bits per heavy atom. The Hall–Kier alpha value is -2.10. The molecule has 1 aliphatic rings. The zero-order valence-corrected chi connectivity index (χ0v) is 13.7. The maximum Gasteiger partial charge on any atom is 0.236 e. The fraction of sp³-hybridized carbons (Fsp3) is 0.529. The lowest BCUT2D eigenvalue weighted by atomic mass is 10.0. The molecule has 1 aromatic carbocycles. The van der Waals surface area contributed by atoms with E-state index < -0.39 is 5.60 Å². The molecule has 1 unspecified atom stereocenters. The molecule has 0 bridgehead atoms. The fourth-order valence-corrected chi connectivity index (χ4v) is 2.81. The van der Waals surface area contributed by atoms with Gasteiger partial charge in [-0.2, -0.15) is 5.26 Å². The van der Waals surface area contributed by atoms with Crippen LogP contribution in [0.5, 0.6) is 5.75 Å². The van der Waals surface area contributed by atoms with E-state index in [4.69, 9.17) is 10.00 Å². The SMILES string of the molecule is COc1cccc(CN(C)C(=O)CN2CCC(O)(CC#N)C2)c1. The molecule has 1 fully saturated rings. The van der Waals surface area contributed by atoms with E-state index in [2.05, 4.69) is 0 Å². The second kappa shape index (κ2) is 7.44. The number of hydrogen-bond donors (Lipinski definition) is 1. The topological polar surface area (TPSA) is 76.8 Å². The van der Waals surface area contributed by atoms with Gasteiger partial charge in [0.25, 0.3) is 0 Å². The molecular formula is C17H23N3O3. The quantitative estimate of drug-likeness (QED) is 0.847. The van der Waals surface area contributed by atoms with Gasteiger partial charge in [0.1, 0.15) is 5.75 Å². The van der Waals surface area contributed by atoms with E-state index in [0.717, 1.165) is 11.3 Å². The van der Waals surface area contributed by atoms with Crippen LogP contribution in [0.1, 0.15) is 18.4 Å². The van der Waals surface area contributed by atoms with Crippen LogP contribution in [0.25, 0.3) is 0 Å². The molecule has 0 radical (unpaired) electrons. The van der Waals surface area contributed by atoms with E-state index in [1.54, 1.807) is 19.1 Å². The summed E-state index contributed by atoms with van der Waals surface area (Å²) in [6.45, 7) is 1.77. The Labute approximate surface area is 136 Å². The Kier molecular flexibility index (Phi) is 5.59. The van der Waals surface area contributed by atoms with Crippen molar-refractivity contribution in [2.45, 2.75) is 25.0 Å². The molecule has 1 atom stereocenters. The van der Waals surface area contributed by atoms with Gasteiger partial charge in [0, 0.05) is 26.7 Å². The minimum Gasteiger partial charge on any atom is -0.497 e. The molecule has 1 N–H and O–H groups in total. The monoisotopic (exact) mass is 317 g/mol. The number of hydrogen-bond acceptors (Lipinski definition) is 5. The Morgan fingerprint density at radius 3 is 3.04 bits per heavy atom. The third-order valence-corrected chi connectivity index (χ3v) is 4.16. The van der Waals surface area contributed by atoms with Crippen LogP contribution in [-0.2, 0) is 11.3 Å². The number of amides is 1. The lowest BCUT2D eigenvalue weighted by Crippen LogP contribution is -2.39. The number of aliphatic hydroxyl groups is 1. The number of benzene rings is 1. The molecule has 23 heavy (non-hydrogen) atoms. The summed E-state index contributed by atoms with van der Waals surface area (Å²) in [7, 11) is 3.38. The third kappa shape index (κ3) is 4.68. The van der Waals surface area contributed by atoms with Crippen LogP contribution < -0.4 is 4.74 Å². The Bertz CT molecular complexity index is 599. The molecule has 6 heteroatoms. The number of methoxy groups -OCH3 is 1. The number of ether oxygens (including phenoxy) is 1. The summed E-state index contributed by atoms with van der Waals surface area (Å²) >= 11 is 0. The summed E-state index contributed by atoms with van der Waals surface area (Å²) in [5.74, 6) is 0.762. The lowest BCUT2D eigenvalue weighted by Gasteiger charge is -2.23. The van der Waals surface area contributed by atoms with E-state index >= 15 is 0 Å². The molecule has 1 aliphatic heterocycles. The average Bonchev–Trinajstić information content (AvgIpc) is 2.88. The molecule has 1 aromatic rings. The first kappa shape index (κ1) is 17.3. The van der Waals surface area contributed by atoms with Gasteiger partial charge in [-0.1, -0.05) is 12.1 Å². The second-order valence-corrected chi connectivity index (χ2v) is 6.12. The highest BCUT2D eigenvalue weighted by Crippen LogP contribution is 2.24. The molecule has 0 aliphatic carbocycles. The summed E-state index contributed by atoms with van der Waals surface area (Å²) in [6, 6.07) is 9.63. The highest BCUT2D eigenvalue weighted by molar-refractivity contribution is 5.78. The van der Waals surface area contributed by atoms with Gasteiger partial charge in [-0.3, -0.25) is 9.69 Å². The van der Waals surface area contributed by atoms with Crippen LogP contribution in [0.3, 0.4) is 0 Å². The number of nitriles is 1. The van der Waals surface area contributed by atoms with Crippen molar-refractivity contribution in [3.63, 3.8) is 0 Å². The van der Waals surface area contributed by atoms with Crippen molar-refractivity contribution in [1.82, 2.24) is 9.80 Å². The summed E-state index contributed by atoms with van der Waals surface area (Å²) in [4.78, 5) is 15.9. The van der Waals surface area contributed by atoms with E-state index in [1.165, 1.54) is 0 Å². The van der Waals surface area contributed by atoms with E-state index in [9.17, 15) is 9.90 Å². The molecule has 0 spiro atoms. The largest absolute Gasteiger partial charge is 0.497 e. The first-order valence-electron chi connectivity index (χ1n) is 7.64. The molecule has 6 nitrogen and oxygen atoms in total. The van der Waals surface area contributed by atoms with Gasteiger partial charge >= 0.3 is 0 Å². The highest BCUT2D eigenvalue weighted by atomic mass is 16.5. The Morgan fingerprint density at radius 1 is 1.57 bits per heavy atom. The molecule has 1 saturated heterocycles. The minimum atomic E-state index is -0.972. The fourth-order valence-electron chi connectivity index (χ4n) is 2.81. The number of nitrogens with zero attached hydrogens (tertiary/aromatic N) is 3. The molecule has 1 heterocycles. The second-order valence-electron chi connectivity index (χ2n) is 6.12. The van der Waals surface area contributed by atoms with Gasteiger partial charge in [-0.15, -0.1) is 0 Å². The Balaban J connectivity index is 1.87. The molecule has 0 saturated carbocycles. The van der Waals surface area contributed by atoms with E-state index in [0.29, 0.717) is 26.1 Å². The van der Waals surface area contributed by atoms with Gasteiger partial charge in [0.05, 0.1) is 31.7 Å². The van der Waals surface area contributed by atoms with Crippen LogP contribution in [0, 0.1) is 11.3 Å². The number of rotatable bonds is 6. The van der Waals surface area contributed by atoms with Crippen molar-refractivity contribution < 1.29 is 14.6 Å². The van der Waals surface area contributed by atoms with Crippen LogP contribution >= 0.6 is 0 Å². The molecule has 2 rings (SSSR count). The van der Waals surface area contributed by atoms with E-state index in [1.807, 2.05) is 35.2 Å². The van der Waals surface area contributed by atoms with Gasteiger partial charge in [0.2, 0.25) is 5.91 Å².